The minimum absolute atomic E-state index is 0.336. The second-order valence-electron chi connectivity index (χ2n) is 4.62. The fourth-order valence-electron chi connectivity index (χ4n) is 1.86. The van der Waals surface area contributed by atoms with Crippen LogP contribution in [0.3, 0.4) is 0 Å². The van der Waals surface area contributed by atoms with Gasteiger partial charge in [-0.05, 0) is 31.2 Å². The Hall–Kier alpha value is -2.95. The Kier molecular flexibility index (Phi) is 3.23. The zero-order chi connectivity index (χ0) is 14.8. The second-order valence-corrected chi connectivity index (χ2v) is 4.62. The number of ether oxygens (including phenoxy) is 1. The first kappa shape index (κ1) is 13.1. The van der Waals surface area contributed by atoms with Crippen LogP contribution in [-0.2, 0) is 4.79 Å². The zero-order valence-electron chi connectivity index (χ0n) is 11.5. The SMILES string of the molecule is C=C(C)C(=O)Oc1cccc2nn(-c3ccccc3)nc12. The average molecular weight is 279 g/mol. The van der Waals surface area contributed by atoms with E-state index in [4.69, 9.17) is 4.74 Å². The number of rotatable bonds is 3. The normalized spacial score (nSPS) is 10.5. The topological polar surface area (TPSA) is 57.0 Å². The van der Waals surface area contributed by atoms with Crippen LogP contribution in [0.2, 0.25) is 0 Å². The molecule has 3 aromatic rings. The fraction of sp³-hybridized carbons (Fsp3) is 0.0625. The van der Waals surface area contributed by atoms with Crippen molar-refractivity contribution in [3.05, 3.63) is 60.7 Å². The van der Waals surface area contributed by atoms with Gasteiger partial charge in [0.15, 0.2) is 11.3 Å². The quantitative estimate of drug-likeness (QED) is 0.420. The Morgan fingerprint density at radius 2 is 1.86 bits per heavy atom. The van der Waals surface area contributed by atoms with Crippen LogP contribution in [0.4, 0.5) is 0 Å². The van der Waals surface area contributed by atoms with Gasteiger partial charge in [0.25, 0.3) is 0 Å². The third-order valence-corrected chi connectivity index (χ3v) is 2.91. The van der Waals surface area contributed by atoms with E-state index in [1.54, 1.807) is 19.1 Å². The molecule has 0 aliphatic rings. The summed E-state index contributed by atoms with van der Waals surface area (Å²) in [5, 5.41) is 8.78. The van der Waals surface area contributed by atoms with Crippen molar-refractivity contribution in [1.82, 2.24) is 15.0 Å². The van der Waals surface area contributed by atoms with E-state index in [2.05, 4.69) is 16.8 Å². The third-order valence-electron chi connectivity index (χ3n) is 2.91. The molecule has 0 N–H and O–H groups in total. The highest BCUT2D eigenvalue weighted by Gasteiger charge is 2.13. The van der Waals surface area contributed by atoms with Crippen LogP contribution in [0, 0.1) is 0 Å². The smallest absolute Gasteiger partial charge is 0.338 e. The van der Waals surface area contributed by atoms with E-state index in [-0.39, 0.29) is 0 Å². The van der Waals surface area contributed by atoms with Gasteiger partial charge >= 0.3 is 5.97 Å². The predicted molar refractivity (Wildman–Crippen MR) is 79.3 cm³/mol. The van der Waals surface area contributed by atoms with Crippen molar-refractivity contribution in [2.75, 3.05) is 0 Å². The molecule has 0 radical (unpaired) electrons. The molecular formula is C16H13N3O2. The molecular weight excluding hydrogens is 266 g/mol. The summed E-state index contributed by atoms with van der Waals surface area (Å²) in [7, 11) is 0. The number of nitrogens with zero attached hydrogens (tertiary/aromatic N) is 3. The summed E-state index contributed by atoms with van der Waals surface area (Å²) in [6.45, 7) is 5.17. The first-order valence-electron chi connectivity index (χ1n) is 6.44. The van der Waals surface area contributed by atoms with Crippen LogP contribution in [0.15, 0.2) is 60.7 Å². The Morgan fingerprint density at radius 1 is 1.10 bits per heavy atom. The van der Waals surface area contributed by atoms with E-state index in [9.17, 15) is 4.79 Å². The molecule has 1 aromatic heterocycles. The van der Waals surface area contributed by atoms with E-state index in [0.717, 1.165) is 5.69 Å². The first-order chi connectivity index (χ1) is 10.1. The lowest BCUT2D eigenvalue weighted by Gasteiger charge is -2.03. The van der Waals surface area contributed by atoms with Crippen molar-refractivity contribution in [3.63, 3.8) is 0 Å². The van der Waals surface area contributed by atoms with E-state index in [1.165, 1.54) is 4.80 Å². The van der Waals surface area contributed by atoms with Crippen LogP contribution >= 0.6 is 0 Å². The zero-order valence-corrected chi connectivity index (χ0v) is 11.5. The van der Waals surface area contributed by atoms with E-state index in [0.29, 0.717) is 22.4 Å². The van der Waals surface area contributed by atoms with E-state index in [1.807, 2.05) is 36.4 Å². The largest absolute Gasteiger partial charge is 0.421 e. The molecule has 0 unspecified atom stereocenters. The summed E-state index contributed by atoms with van der Waals surface area (Å²) in [4.78, 5) is 13.2. The Labute approximate surface area is 121 Å². The summed E-state index contributed by atoms with van der Waals surface area (Å²) in [5.41, 5.74) is 2.37. The maximum Gasteiger partial charge on any atom is 0.338 e. The summed E-state index contributed by atoms with van der Waals surface area (Å²) in [5.74, 6) is -0.0977. The molecule has 0 aliphatic heterocycles. The van der Waals surface area contributed by atoms with Crippen LogP contribution in [0.5, 0.6) is 5.75 Å². The molecule has 5 heteroatoms. The molecule has 0 spiro atoms. The van der Waals surface area contributed by atoms with Gasteiger partial charge in [0.2, 0.25) is 0 Å². The molecule has 3 rings (SSSR count). The molecule has 2 aromatic carbocycles. The molecule has 0 saturated carbocycles. The highest BCUT2D eigenvalue weighted by atomic mass is 16.5. The highest BCUT2D eigenvalue weighted by Crippen LogP contribution is 2.23. The molecule has 0 amide bonds. The van der Waals surface area contributed by atoms with Crippen molar-refractivity contribution >= 4 is 17.0 Å². The lowest BCUT2D eigenvalue weighted by atomic mass is 10.3. The van der Waals surface area contributed by atoms with Gasteiger partial charge in [-0.25, -0.2) is 4.79 Å². The molecule has 104 valence electrons. The third kappa shape index (κ3) is 2.53. The Bertz CT molecular complexity index is 822. The van der Waals surface area contributed by atoms with Crippen molar-refractivity contribution in [2.24, 2.45) is 0 Å². The number of para-hydroxylation sites is 1. The maximum atomic E-state index is 11.7. The summed E-state index contributed by atoms with van der Waals surface area (Å²) >= 11 is 0. The number of hydrogen-bond donors (Lipinski definition) is 0. The predicted octanol–water partition coefficient (Wildman–Crippen LogP) is 2.90. The van der Waals surface area contributed by atoms with Crippen molar-refractivity contribution in [2.45, 2.75) is 6.92 Å². The van der Waals surface area contributed by atoms with E-state index < -0.39 is 5.97 Å². The lowest BCUT2D eigenvalue weighted by molar-refractivity contribution is -0.129. The molecule has 5 nitrogen and oxygen atoms in total. The Morgan fingerprint density at radius 3 is 2.57 bits per heavy atom. The standard InChI is InChI=1S/C16H13N3O2/c1-11(2)16(20)21-14-10-6-9-13-15(14)18-19(17-13)12-7-4-3-5-8-12/h3-10H,1H2,2H3. The second kappa shape index (κ2) is 5.20. The highest BCUT2D eigenvalue weighted by molar-refractivity contribution is 5.91. The number of aromatic nitrogens is 3. The van der Waals surface area contributed by atoms with Crippen LogP contribution in [0.1, 0.15) is 6.92 Å². The van der Waals surface area contributed by atoms with Crippen molar-refractivity contribution in [3.8, 4) is 11.4 Å². The van der Waals surface area contributed by atoms with E-state index >= 15 is 0 Å². The van der Waals surface area contributed by atoms with Gasteiger partial charge in [-0.1, -0.05) is 30.8 Å². The lowest BCUT2D eigenvalue weighted by Crippen LogP contribution is -2.08. The van der Waals surface area contributed by atoms with Crippen molar-refractivity contribution in [1.29, 1.82) is 0 Å². The van der Waals surface area contributed by atoms with Gasteiger partial charge in [0, 0.05) is 5.57 Å². The number of hydrogen-bond acceptors (Lipinski definition) is 4. The summed E-state index contributed by atoms with van der Waals surface area (Å²) in [6, 6.07) is 14.8. The number of carbonyl (C=O) groups excluding carboxylic acids is 1. The molecule has 0 aliphatic carbocycles. The van der Waals surface area contributed by atoms with Gasteiger partial charge in [-0.2, -0.15) is 4.80 Å². The molecule has 0 atom stereocenters. The van der Waals surface area contributed by atoms with Crippen LogP contribution in [-0.4, -0.2) is 21.0 Å². The van der Waals surface area contributed by atoms with Gasteiger partial charge in [0.1, 0.15) is 5.52 Å². The van der Waals surface area contributed by atoms with Crippen LogP contribution in [0.25, 0.3) is 16.7 Å². The van der Waals surface area contributed by atoms with Gasteiger partial charge < -0.3 is 4.74 Å². The Balaban J connectivity index is 2.06. The number of carbonyl (C=O) groups is 1. The van der Waals surface area contributed by atoms with Gasteiger partial charge in [0.05, 0.1) is 5.69 Å². The molecule has 21 heavy (non-hydrogen) atoms. The molecule has 0 bridgehead atoms. The van der Waals surface area contributed by atoms with Gasteiger partial charge in [-0.3, -0.25) is 0 Å². The molecule has 1 heterocycles. The summed E-state index contributed by atoms with van der Waals surface area (Å²) in [6.07, 6.45) is 0. The minimum Gasteiger partial charge on any atom is -0.421 e. The summed E-state index contributed by atoms with van der Waals surface area (Å²) < 4.78 is 5.28. The molecule has 0 saturated heterocycles. The fourth-order valence-corrected chi connectivity index (χ4v) is 1.86. The first-order valence-corrected chi connectivity index (χ1v) is 6.44. The van der Waals surface area contributed by atoms with Crippen LogP contribution < -0.4 is 4.74 Å². The van der Waals surface area contributed by atoms with Crippen molar-refractivity contribution < 1.29 is 9.53 Å². The minimum atomic E-state index is -0.475. The number of esters is 1. The van der Waals surface area contributed by atoms with Gasteiger partial charge in [-0.15, -0.1) is 10.2 Å². The maximum absolute atomic E-state index is 11.7. The monoisotopic (exact) mass is 279 g/mol. The number of benzene rings is 2. The molecule has 0 fully saturated rings. The number of fused-ring (bicyclic) bond motifs is 1. The average Bonchev–Trinajstić information content (AvgIpc) is 2.93.